The number of para-hydroxylation sites is 1. The number of hydrogen-bond acceptors (Lipinski definition) is 3. The topological polar surface area (TPSA) is 53.1 Å². The second-order valence-electron chi connectivity index (χ2n) is 4.89. The Kier molecular flexibility index (Phi) is 3.82. The lowest BCUT2D eigenvalue weighted by atomic mass is 10.2. The molecule has 3 aromatic rings. The number of nitrogens with zero attached hydrogens (tertiary/aromatic N) is 2. The van der Waals surface area contributed by atoms with Crippen LogP contribution in [-0.4, -0.2) is 16.7 Å². The van der Waals surface area contributed by atoms with E-state index in [0.29, 0.717) is 18.8 Å². The van der Waals surface area contributed by atoms with Crippen molar-refractivity contribution in [2.24, 2.45) is 0 Å². The standard InChI is InChI=1S/C16H16ClN3O/c1-21-10-15-19-16-13(18)6-3-7-14(16)20(15)9-11-4-2-5-12(17)8-11/h2-8H,9-10,18H2,1H3. The van der Waals surface area contributed by atoms with Gasteiger partial charge in [0.15, 0.2) is 0 Å². The third kappa shape index (κ3) is 2.73. The number of hydrogen-bond donors (Lipinski definition) is 1. The molecule has 0 bridgehead atoms. The lowest BCUT2D eigenvalue weighted by Gasteiger charge is -2.09. The number of rotatable bonds is 4. The molecule has 1 aromatic heterocycles. The molecule has 0 unspecified atom stereocenters. The molecule has 0 spiro atoms. The lowest BCUT2D eigenvalue weighted by molar-refractivity contribution is 0.175. The number of benzene rings is 2. The molecular weight excluding hydrogens is 286 g/mol. The molecule has 0 aliphatic heterocycles. The van der Waals surface area contributed by atoms with Crippen molar-refractivity contribution in [1.29, 1.82) is 0 Å². The first kappa shape index (κ1) is 13.9. The molecule has 0 aliphatic rings. The first-order chi connectivity index (χ1) is 10.2. The molecule has 0 amide bonds. The van der Waals surface area contributed by atoms with Gasteiger partial charge in [0.1, 0.15) is 17.9 Å². The van der Waals surface area contributed by atoms with Crippen LogP contribution in [0.1, 0.15) is 11.4 Å². The van der Waals surface area contributed by atoms with Crippen LogP contribution >= 0.6 is 11.6 Å². The Morgan fingerprint density at radius 2 is 2.05 bits per heavy atom. The largest absolute Gasteiger partial charge is 0.397 e. The number of anilines is 1. The van der Waals surface area contributed by atoms with E-state index in [2.05, 4.69) is 9.55 Å². The summed E-state index contributed by atoms with van der Waals surface area (Å²) in [7, 11) is 1.66. The van der Waals surface area contributed by atoms with Gasteiger partial charge in [-0.2, -0.15) is 0 Å². The first-order valence-electron chi connectivity index (χ1n) is 6.66. The maximum Gasteiger partial charge on any atom is 0.136 e. The number of aromatic nitrogens is 2. The third-order valence-corrected chi connectivity index (χ3v) is 3.63. The number of nitrogens with two attached hydrogens (primary N) is 1. The van der Waals surface area contributed by atoms with Gasteiger partial charge in [0, 0.05) is 18.7 Å². The third-order valence-electron chi connectivity index (χ3n) is 3.39. The maximum absolute atomic E-state index is 6.06. The molecule has 5 heteroatoms. The summed E-state index contributed by atoms with van der Waals surface area (Å²) in [5.41, 5.74) is 9.62. The van der Waals surface area contributed by atoms with Gasteiger partial charge in [-0.25, -0.2) is 4.98 Å². The quantitative estimate of drug-likeness (QED) is 0.751. The number of halogens is 1. The molecule has 2 aromatic carbocycles. The minimum Gasteiger partial charge on any atom is -0.397 e. The van der Waals surface area contributed by atoms with E-state index in [0.717, 1.165) is 27.4 Å². The molecule has 4 nitrogen and oxygen atoms in total. The minimum absolute atomic E-state index is 0.439. The smallest absolute Gasteiger partial charge is 0.136 e. The fourth-order valence-electron chi connectivity index (χ4n) is 2.45. The summed E-state index contributed by atoms with van der Waals surface area (Å²) in [6, 6.07) is 13.6. The van der Waals surface area contributed by atoms with Crippen molar-refractivity contribution < 1.29 is 4.74 Å². The Morgan fingerprint density at radius 3 is 2.81 bits per heavy atom. The van der Waals surface area contributed by atoms with Crippen molar-refractivity contribution in [2.75, 3.05) is 12.8 Å². The minimum atomic E-state index is 0.439. The molecule has 0 aliphatic carbocycles. The lowest BCUT2D eigenvalue weighted by Crippen LogP contribution is -2.06. The van der Waals surface area contributed by atoms with Crippen LogP contribution in [0, 0.1) is 0 Å². The highest BCUT2D eigenvalue weighted by Gasteiger charge is 2.12. The SMILES string of the molecule is COCc1nc2c(N)cccc2n1Cc1cccc(Cl)c1. The van der Waals surface area contributed by atoms with Gasteiger partial charge >= 0.3 is 0 Å². The highest BCUT2D eigenvalue weighted by molar-refractivity contribution is 6.30. The van der Waals surface area contributed by atoms with E-state index in [-0.39, 0.29) is 0 Å². The predicted molar refractivity (Wildman–Crippen MR) is 85.4 cm³/mol. The van der Waals surface area contributed by atoms with Crippen LogP contribution < -0.4 is 5.73 Å². The Morgan fingerprint density at radius 1 is 1.24 bits per heavy atom. The van der Waals surface area contributed by atoms with Crippen molar-refractivity contribution >= 4 is 28.3 Å². The van der Waals surface area contributed by atoms with Crippen LogP contribution in [0.2, 0.25) is 5.02 Å². The van der Waals surface area contributed by atoms with Crippen molar-refractivity contribution in [1.82, 2.24) is 9.55 Å². The van der Waals surface area contributed by atoms with Gasteiger partial charge < -0.3 is 15.0 Å². The summed E-state index contributed by atoms with van der Waals surface area (Å²) in [5, 5.41) is 0.727. The highest BCUT2D eigenvalue weighted by atomic mass is 35.5. The van der Waals surface area contributed by atoms with Crippen LogP contribution in [0.25, 0.3) is 11.0 Å². The predicted octanol–water partition coefficient (Wildman–Crippen LogP) is 3.47. The average Bonchev–Trinajstić information content (AvgIpc) is 2.79. The molecule has 0 saturated carbocycles. The van der Waals surface area contributed by atoms with Crippen LogP contribution in [0.3, 0.4) is 0 Å². The Bertz CT molecular complexity index is 782. The van der Waals surface area contributed by atoms with E-state index in [4.69, 9.17) is 22.1 Å². The zero-order chi connectivity index (χ0) is 14.8. The van der Waals surface area contributed by atoms with E-state index in [1.54, 1.807) is 7.11 Å². The Labute approximate surface area is 128 Å². The van der Waals surface area contributed by atoms with Gasteiger partial charge in [-0.15, -0.1) is 0 Å². The van der Waals surface area contributed by atoms with E-state index < -0.39 is 0 Å². The van der Waals surface area contributed by atoms with E-state index in [9.17, 15) is 0 Å². The molecular formula is C16H16ClN3O. The van der Waals surface area contributed by atoms with Crippen LogP contribution in [0.4, 0.5) is 5.69 Å². The zero-order valence-corrected chi connectivity index (χ0v) is 12.5. The molecule has 3 rings (SSSR count). The second kappa shape index (κ2) is 5.76. The van der Waals surface area contributed by atoms with E-state index in [1.807, 2.05) is 42.5 Å². The van der Waals surface area contributed by atoms with Crippen LogP contribution in [0.15, 0.2) is 42.5 Å². The second-order valence-corrected chi connectivity index (χ2v) is 5.33. The van der Waals surface area contributed by atoms with Gasteiger partial charge in [0.05, 0.1) is 11.2 Å². The molecule has 0 atom stereocenters. The summed E-state index contributed by atoms with van der Waals surface area (Å²) in [5.74, 6) is 0.852. The molecule has 21 heavy (non-hydrogen) atoms. The van der Waals surface area contributed by atoms with Crippen molar-refractivity contribution in [2.45, 2.75) is 13.2 Å². The number of fused-ring (bicyclic) bond motifs is 1. The van der Waals surface area contributed by atoms with Gasteiger partial charge in [0.25, 0.3) is 0 Å². The Hall–Kier alpha value is -2.04. The van der Waals surface area contributed by atoms with Gasteiger partial charge in [-0.3, -0.25) is 0 Å². The van der Waals surface area contributed by atoms with E-state index >= 15 is 0 Å². The first-order valence-corrected chi connectivity index (χ1v) is 7.04. The normalized spacial score (nSPS) is 11.1. The van der Waals surface area contributed by atoms with Crippen LogP contribution in [-0.2, 0) is 17.9 Å². The number of nitrogen functional groups attached to an aromatic ring is 1. The van der Waals surface area contributed by atoms with Gasteiger partial charge in [-0.05, 0) is 29.8 Å². The molecule has 108 valence electrons. The molecule has 0 radical (unpaired) electrons. The summed E-state index contributed by atoms with van der Waals surface area (Å²) < 4.78 is 7.36. The fraction of sp³-hybridized carbons (Fsp3) is 0.188. The monoisotopic (exact) mass is 301 g/mol. The maximum atomic E-state index is 6.06. The average molecular weight is 302 g/mol. The Balaban J connectivity index is 2.11. The summed E-state index contributed by atoms with van der Waals surface area (Å²) in [4.78, 5) is 4.60. The number of imidazole rings is 1. The summed E-state index contributed by atoms with van der Waals surface area (Å²) >= 11 is 6.06. The van der Waals surface area contributed by atoms with Crippen LogP contribution in [0.5, 0.6) is 0 Å². The summed E-state index contributed by atoms with van der Waals surface area (Å²) in [6.07, 6.45) is 0. The molecule has 0 fully saturated rings. The van der Waals surface area contributed by atoms with Crippen molar-refractivity contribution in [3.8, 4) is 0 Å². The van der Waals surface area contributed by atoms with Gasteiger partial charge in [-0.1, -0.05) is 29.8 Å². The van der Waals surface area contributed by atoms with Crippen molar-refractivity contribution in [3.05, 3.63) is 58.9 Å². The fourth-order valence-corrected chi connectivity index (χ4v) is 2.66. The van der Waals surface area contributed by atoms with Crippen molar-refractivity contribution in [3.63, 3.8) is 0 Å². The molecule has 0 saturated heterocycles. The van der Waals surface area contributed by atoms with Gasteiger partial charge in [0.2, 0.25) is 0 Å². The van der Waals surface area contributed by atoms with E-state index in [1.165, 1.54) is 0 Å². The number of methoxy groups -OCH3 is 1. The molecule has 2 N–H and O–H groups in total. The molecule has 1 heterocycles. The highest BCUT2D eigenvalue weighted by Crippen LogP contribution is 2.24. The summed E-state index contributed by atoms with van der Waals surface area (Å²) in [6.45, 7) is 1.12. The zero-order valence-electron chi connectivity index (χ0n) is 11.7. The number of ether oxygens (including phenoxy) is 1.